The first-order valence-corrected chi connectivity index (χ1v) is 9.64. The van der Waals surface area contributed by atoms with E-state index < -0.39 is 0 Å². The molecule has 3 rings (SSSR count). The van der Waals surface area contributed by atoms with Crippen molar-refractivity contribution in [1.29, 1.82) is 0 Å². The van der Waals surface area contributed by atoms with Gasteiger partial charge in [0.1, 0.15) is 23.2 Å². The Morgan fingerprint density at radius 3 is 2.70 bits per heavy atom. The smallest absolute Gasteiger partial charge is 0.157 e. The lowest BCUT2D eigenvalue weighted by atomic mass is 10.1. The molecule has 0 atom stereocenters. The normalized spacial score (nSPS) is 13.0. The number of hydrogen-bond acceptors (Lipinski definition) is 6. The van der Waals surface area contributed by atoms with Gasteiger partial charge in [0.2, 0.25) is 0 Å². The zero-order valence-corrected chi connectivity index (χ0v) is 16.9. The van der Waals surface area contributed by atoms with Crippen LogP contribution >= 0.6 is 11.6 Å². The summed E-state index contributed by atoms with van der Waals surface area (Å²) in [6.45, 7) is 6.76. The van der Waals surface area contributed by atoms with E-state index in [9.17, 15) is 4.79 Å². The minimum atomic E-state index is 0.254. The molecule has 144 valence electrons. The molecule has 27 heavy (non-hydrogen) atoms. The molecule has 0 spiro atoms. The molecule has 0 amide bonds. The summed E-state index contributed by atoms with van der Waals surface area (Å²) < 4.78 is 5.32. The van der Waals surface area contributed by atoms with Crippen LogP contribution in [0.25, 0.3) is 0 Å². The summed E-state index contributed by atoms with van der Waals surface area (Å²) in [6, 6.07) is 4.03. The van der Waals surface area contributed by atoms with Crippen LogP contribution < -0.4 is 15.0 Å². The van der Waals surface area contributed by atoms with Crippen LogP contribution in [0.5, 0.6) is 5.75 Å². The van der Waals surface area contributed by atoms with Gasteiger partial charge in [-0.2, -0.15) is 0 Å². The number of hydrogen-bond donors (Lipinski definition) is 1. The van der Waals surface area contributed by atoms with Gasteiger partial charge in [-0.3, -0.25) is 4.79 Å². The third kappa shape index (κ3) is 3.72. The first-order chi connectivity index (χ1) is 13.0. The number of methoxy groups -OCH3 is 1. The van der Waals surface area contributed by atoms with Gasteiger partial charge < -0.3 is 15.0 Å². The Balaban J connectivity index is 2.09. The minimum absolute atomic E-state index is 0.254. The van der Waals surface area contributed by atoms with E-state index in [0.29, 0.717) is 34.6 Å². The van der Waals surface area contributed by atoms with Crippen LogP contribution in [0.4, 0.5) is 17.3 Å². The third-order valence-electron chi connectivity index (χ3n) is 4.96. The van der Waals surface area contributed by atoms with Crippen molar-refractivity contribution in [2.24, 2.45) is 0 Å². The Bertz CT molecular complexity index is 852. The number of fused-ring (bicyclic) bond motifs is 1. The summed E-state index contributed by atoms with van der Waals surface area (Å²) in [6.07, 6.45) is 3.54. The molecule has 0 unspecified atom stereocenters. The van der Waals surface area contributed by atoms with Gasteiger partial charge in [0, 0.05) is 18.7 Å². The highest BCUT2D eigenvalue weighted by atomic mass is 35.5. The van der Waals surface area contributed by atoms with E-state index in [0.717, 1.165) is 42.5 Å². The predicted molar refractivity (Wildman–Crippen MR) is 109 cm³/mol. The first-order valence-electron chi connectivity index (χ1n) is 9.26. The van der Waals surface area contributed by atoms with Crippen LogP contribution in [-0.4, -0.2) is 36.0 Å². The molecule has 1 aromatic carbocycles. The second-order valence-corrected chi connectivity index (χ2v) is 7.06. The second-order valence-electron chi connectivity index (χ2n) is 6.65. The molecule has 0 fully saturated rings. The highest BCUT2D eigenvalue weighted by Gasteiger charge is 2.29. The standard InChI is InChI=1S/C20H25ClN4O2/c1-5-14(6-2)24-19-16(11-26)20(23-12(3)22-19)25-8-7-13-9-15(27-4)10-17(21)18(13)25/h9-11,14H,5-8H2,1-4H3,(H,22,23,24). The largest absolute Gasteiger partial charge is 0.497 e. The average molecular weight is 389 g/mol. The Morgan fingerprint density at radius 1 is 1.33 bits per heavy atom. The molecule has 0 aliphatic carbocycles. The van der Waals surface area contributed by atoms with E-state index in [1.165, 1.54) is 0 Å². The zero-order chi connectivity index (χ0) is 19.6. The van der Waals surface area contributed by atoms with Crippen molar-refractivity contribution in [3.8, 4) is 5.75 Å². The van der Waals surface area contributed by atoms with Crippen molar-refractivity contribution in [2.75, 3.05) is 23.9 Å². The number of carbonyl (C=O) groups is 1. The Kier molecular flexibility index (Phi) is 5.85. The van der Waals surface area contributed by atoms with Gasteiger partial charge in [-0.25, -0.2) is 9.97 Å². The summed E-state index contributed by atoms with van der Waals surface area (Å²) in [4.78, 5) is 23.0. The molecular formula is C20H25ClN4O2. The van der Waals surface area contributed by atoms with Crippen LogP contribution in [-0.2, 0) is 6.42 Å². The van der Waals surface area contributed by atoms with E-state index in [1.807, 2.05) is 17.9 Å². The van der Waals surface area contributed by atoms with Crippen LogP contribution in [0.2, 0.25) is 5.02 Å². The number of aldehydes is 1. The molecule has 0 saturated carbocycles. The molecule has 0 bridgehead atoms. The molecule has 0 saturated heterocycles. The highest BCUT2D eigenvalue weighted by Crippen LogP contribution is 2.43. The van der Waals surface area contributed by atoms with Crippen molar-refractivity contribution >= 4 is 35.2 Å². The average Bonchev–Trinajstić information content (AvgIpc) is 3.09. The molecular weight excluding hydrogens is 364 g/mol. The van der Waals surface area contributed by atoms with E-state index in [4.69, 9.17) is 16.3 Å². The quantitative estimate of drug-likeness (QED) is 0.701. The van der Waals surface area contributed by atoms with Gasteiger partial charge in [-0.05, 0) is 37.8 Å². The van der Waals surface area contributed by atoms with Gasteiger partial charge in [0.25, 0.3) is 0 Å². The molecule has 7 heteroatoms. The number of aromatic nitrogens is 2. The van der Waals surface area contributed by atoms with E-state index in [-0.39, 0.29) is 6.04 Å². The van der Waals surface area contributed by atoms with Crippen molar-refractivity contribution in [3.63, 3.8) is 0 Å². The molecule has 6 nitrogen and oxygen atoms in total. The second kappa shape index (κ2) is 8.13. The van der Waals surface area contributed by atoms with Crippen LogP contribution in [0.15, 0.2) is 12.1 Å². The number of anilines is 3. The number of nitrogens with one attached hydrogen (secondary N) is 1. The zero-order valence-electron chi connectivity index (χ0n) is 16.2. The minimum Gasteiger partial charge on any atom is -0.497 e. The maximum atomic E-state index is 12.0. The van der Waals surface area contributed by atoms with E-state index in [1.54, 1.807) is 13.2 Å². The molecule has 1 N–H and O–H groups in total. The summed E-state index contributed by atoms with van der Waals surface area (Å²) in [5.74, 6) is 2.52. The molecule has 1 aromatic heterocycles. The topological polar surface area (TPSA) is 67.3 Å². The number of rotatable bonds is 7. The maximum Gasteiger partial charge on any atom is 0.157 e. The van der Waals surface area contributed by atoms with E-state index in [2.05, 4.69) is 29.1 Å². The van der Waals surface area contributed by atoms with Gasteiger partial charge in [-0.1, -0.05) is 25.4 Å². The fourth-order valence-corrected chi connectivity index (χ4v) is 3.80. The number of aryl methyl sites for hydroxylation is 1. The van der Waals surface area contributed by atoms with Gasteiger partial charge in [0.05, 0.1) is 23.4 Å². The Hall–Kier alpha value is -2.34. The number of carbonyl (C=O) groups excluding carboxylic acids is 1. The summed E-state index contributed by atoms with van der Waals surface area (Å²) >= 11 is 6.53. The van der Waals surface area contributed by atoms with Crippen LogP contribution in [0.1, 0.15) is 48.4 Å². The van der Waals surface area contributed by atoms with Crippen molar-refractivity contribution in [1.82, 2.24) is 9.97 Å². The number of benzene rings is 1. The van der Waals surface area contributed by atoms with Crippen LogP contribution in [0, 0.1) is 6.92 Å². The van der Waals surface area contributed by atoms with Crippen molar-refractivity contribution in [2.45, 2.75) is 46.1 Å². The fraction of sp³-hybridized carbons (Fsp3) is 0.450. The predicted octanol–water partition coefficient (Wildman–Crippen LogP) is 4.55. The van der Waals surface area contributed by atoms with Crippen molar-refractivity contribution in [3.05, 3.63) is 34.1 Å². The first kappa shape index (κ1) is 19.4. The molecule has 1 aliphatic rings. The lowest BCUT2D eigenvalue weighted by Crippen LogP contribution is -2.23. The summed E-state index contributed by atoms with van der Waals surface area (Å²) in [5.41, 5.74) is 2.43. The highest BCUT2D eigenvalue weighted by molar-refractivity contribution is 6.34. The fourth-order valence-electron chi connectivity index (χ4n) is 3.47. The molecule has 0 radical (unpaired) electrons. The number of nitrogens with zero attached hydrogens (tertiary/aromatic N) is 3. The summed E-state index contributed by atoms with van der Waals surface area (Å²) in [7, 11) is 1.62. The van der Waals surface area contributed by atoms with Gasteiger partial charge >= 0.3 is 0 Å². The molecule has 2 aromatic rings. The van der Waals surface area contributed by atoms with Gasteiger partial charge in [-0.15, -0.1) is 0 Å². The summed E-state index contributed by atoms with van der Waals surface area (Å²) in [5, 5.41) is 3.98. The molecule has 1 aliphatic heterocycles. The van der Waals surface area contributed by atoms with Gasteiger partial charge in [0.15, 0.2) is 6.29 Å². The SMILES string of the molecule is CCC(CC)Nc1nc(C)nc(N2CCc3cc(OC)cc(Cl)c32)c1C=O. The molecule has 2 heterocycles. The lowest BCUT2D eigenvalue weighted by Gasteiger charge is -2.24. The monoisotopic (exact) mass is 388 g/mol. The maximum absolute atomic E-state index is 12.0. The Morgan fingerprint density at radius 2 is 2.07 bits per heavy atom. The van der Waals surface area contributed by atoms with E-state index >= 15 is 0 Å². The Labute approximate surface area is 164 Å². The third-order valence-corrected chi connectivity index (χ3v) is 5.25. The van der Waals surface area contributed by atoms with Crippen molar-refractivity contribution < 1.29 is 9.53 Å². The lowest BCUT2D eigenvalue weighted by molar-refractivity contribution is 0.112. The van der Waals surface area contributed by atoms with Crippen LogP contribution in [0.3, 0.4) is 0 Å². The number of ether oxygens (including phenoxy) is 1. The number of halogens is 1.